The van der Waals surface area contributed by atoms with Gasteiger partial charge in [0.15, 0.2) is 0 Å². The SMILES string of the molecule is Cc1cc(CC(CC2CC2)NN)n(C)n1. The Bertz CT molecular complexity index is 327. The van der Waals surface area contributed by atoms with E-state index >= 15 is 0 Å². The Morgan fingerprint density at radius 3 is 2.87 bits per heavy atom. The fourth-order valence-corrected chi connectivity index (χ4v) is 2.07. The lowest BCUT2D eigenvalue weighted by Gasteiger charge is -2.15. The van der Waals surface area contributed by atoms with Gasteiger partial charge in [0.05, 0.1) is 5.69 Å². The molecule has 4 heteroatoms. The highest BCUT2D eigenvalue weighted by Gasteiger charge is 2.25. The molecule has 1 aromatic heterocycles. The van der Waals surface area contributed by atoms with Gasteiger partial charge in [0.1, 0.15) is 0 Å². The number of rotatable bonds is 5. The van der Waals surface area contributed by atoms with Crippen LogP contribution in [0.4, 0.5) is 0 Å². The summed E-state index contributed by atoms with van der Waals surface area (Å²) in [6.07, 6.45) is 4.93. The summed E-state index contributed by atoms with van der Waals surface area (Å²) in [6, 6.07) is 2.53. The second kappa shape index (κ2) is 4.33. The minimum Gasteiger partial charge on any atom is -0.272 e. The molecule has 0 amide bonds. The van der Waals surface area contributed by atoms with E-state index in [9.17, 15) is 0 Å². The zero-order valence-corrected chi connectivity index (χ0v) is 9.53. The zero-order chi connectivity index (χ0) is 10.8. The van der Waals surface area contributed by atoms with Gasteiger partial charge in [-0.25, -0.2) is 0 Å². The van der Waals surface area contributed by atoms with Crippen LogP contribution in [0.15, 0.2) is 6.07 Å². The molecule has 1 aliphatic carbocycles. The molecular formula is C11H20N4. The maximum absolute atomic E-state index is 5.57. The van der Waals surface area contributed by atoms with Crippen LogP contribution >= 0.6 is 0 Å². The van der Waals surface area contributed by atoms with Gasteiger partial charge in [0, 0.05) is 25.2 Å². The molecule has 1 atom stereocenters. The molecule has 0 bridgehead atoms. The highest BCUT2D eigenvalue weighted by Crippen LogP contribution is 2.33. The van der Waals surface area contributed by atoms with Crippen molar-refractivity contribution in [2.24, 2.45) is 18.8 Å². The number of nitrogens with zero attached hydrogens (tertiary/aromatic N) is 2. The first kappa shape index (κ1) is 10.6. The molecule has 1 fully saturated rings. The highest BCUT2D eigenvalue weighted by atomic mass is 15.3. The second-order valence-electron chi connectivity index (χ2n) is 4.65. The summed E-state index contributed by atoms with van der Waals surface area (Å²) in [5.74, 6) is 6.48. The van der Waals surface area contributed by atoms with Gasteiger partial charge in [0.2, 0.25) is 0 Å². The average molecular weight is 208 g/mol. The first-order valence-electron chi connectivity index (χ1n) is 5.64. The van der Waals surface area contributed by atoms with Crippen molar-refractivity contribution in [3.8, 4) is 0 Å². The van der Waals surface area contributed by atoms with Gasteiger partial charge >= 0.3 is 0 Å². The topological polar surface area (TPSA) is 55.9 Å². The van der Waals surface area contributed by atoms with Crippen LogP contribution in [-0.4, -0.2) is 15.8 Å². The molecule has 1 aliphatic rings. The number of aromatic nitrogens is 2. The highest BCUT2D eigenvalue weighted by molar-refractivity contribution is 5.10. The van der Waals surface area contributed by atoms with Crippen molar-refractivity contribution >= 4 is 0 Å². The summed E-state index contributed by atoms with van der Waals surface area (Å²) in [6.45, 7) is 2.02. The quantitative estimate of drug-likeness (QED) is 0.558. The molecule has 0 saturated heterocycles. The molecule has 1 unspecified atom stereocenters. The Balaban J connectivity index is 1.95. The van der Waals surface area contributed by atoms with Crippen LogP contribution < -0.4 is 11.3 Å². The fraction of sp³-hybridized carbons (Fsp3) is 0.727. The standard InChI is InChI=1S/C11H20N4/c1-8-5-11(15(2)14-8)7-10(13-12)6-9-3-4-9/h5,9-10,13H,3-4,6-7,12H2,1-2H3. The summed E-state index contributed by atoms with van der Waals surface area (Å²) >= 11 is 0. The van der Waals surface area contributed by atoms with Crippen LogP contribution in [0.3, 0.4) is 0 Å². The number of aryl methyl sites for hydroxylation is 2. The molecule has 3 N–H and O–H groups in total. The van der Waals surface area contributed by atoms with E-state index in [1.807, 2.05) is 18.7 Å². The molecular weight excluding hydrogens is 188 g/mol. The molecule has 84 valence electrons. The van der Waals surface area contributed by atoms with Gasteiger partial charge in [-0.2, -0.15) is 5.10 Å². The van der Waals surface area contributed by atoms with Gasteiger partial charge in [-0.15, -0.1) is 0 Å². The molecule has 1 heterocycles. The molecule has 0 radical (unpaired) electrons. The summed E-state index contributed by atoms with van der Waals surface area (Å²) in [5, 5.41) is 4.34. The zero-order valence-electron chi connectivity index (χ0n) is 9.53. The smallest absolute Gasteiger partial charge is 0.0596 e. The Hall–Kier alpha value is -0.870. The van der Waals surface area contributed by atoms with E-state index in [1.54, 1.807) is 0 Å². The number of nitrogens with one attached hydrogen (secondary N) is 1. The van der Waals surface area contributed by atoms with E-state index in [0.717, 1.165) is 18.0 Å². The van der Waals surface area contributed by atoms with Gasteiger partial charge in [0.25, 0.3) is 0 Å². The first-order chi connectivity index (χ1) is 7.19. The lowest BCUT2D eigenvalue weighted by molar-refractivity contribution is 0.455. The number of hydrazine groups is 1. The maximum Gasteiger partial charge on any atom is 0.0596 e. The number of nitrogens with two attached hydrogens (primary N) is 1. The van der Waals surface area contributed by atoms with Gasteiger partial charge in [-0.05, 0) is 25.3 Å². The molecule has 1 saturated carbocycles. The maximum atomic E-state index is 5.57. The van der Waals surface area contributed by atoms with Crippen molar-refractivity contribution in [2.45, 2.75) is 38.6 Å². The van der Waals surface area contributed by atoms with Crippen molar-refractivity contribution in [1.29, 1.82) is 0 Å². The average Bonchev–Trinajstić information content (AvgIpc) is 2.93. The van der Waals surface area contributed by atoms with Crippen molar-refractivity contribution < 1.29 is 0 Å². The van der Waals surface area contributed by atoms with Gasteiger partial charge in [-0.1, -0.05) is 12.8 Å². The van der Waals surface area contributed by atoms with Crippen LogP contribution in [0.25, 0.3) is 0 Å². The van der Waals surface area contributed by atoms with Crippen molar-refractivity contribution in [3.63, 3.8) is 0 Å². The Labute approximate surface area is 90.8 Å². The second-order valence-corrected chi connectivity index (χ2v) is 4.65. The molecule has 0 spiro atoms. The van der Waals surface area contributed by atoms with Crippen molar-refractivity contribution in [3.05, 3.63) is 17.5 Å². The molecule has 2 rings (SSSR count). The first-order valence-corrected chi connectivity index (χ1v) is 5.64. The van der Waals surface area contributed by atoms with Crippen LogP contribution in [0, 0.1) is 12.8 Å². The van der Waals surface area contributed by atoms with Gasteiger partial charge < -0.3 is 0 Å². The third kappa shape index (κ3) is 2.79. The molecule has 15 heavy (non-hydrogen) atoms. The van der Waals surface area contributed by atoms with Gasteiger partial charge in [-0.3, -0.25) is 16.0 Å². The third-order valence-corrected chi connectivity index (χ3v) is 3.10. The predicted molar refractivity (Wildman–Crippen MR) is 60.1 cm³/mol. The largest absolute Gasteiger partial charge is 0.272 e. The lowest BCUT2D eigenvalue weighted by atomic mass is 10.1. The third-order valence-electron chi connectivity index (χ3n) is 3.10. The van der Waals surface area contributed by atoms with E-state index in [-0.39, 0.29) is 0 Å². The summed E-state index contributed by atoms with van der Waals surface area (Å²) in [5.41, 5.74) is 5.26. The van der Waals surface area contributed by atoms with Crippen LogP contribution in [-0.2, 0) is 13.5 Å². The normalized spacial score (nSPS) is 18.1. The van der Waals surface area contributed by atoms with Crippen LogP contribution in [0.2, 0.25) is 0 Å². The van der Waals surface area contributed by atoms with E-state index < -0.39 is 0 Å². The van der Waals surface area contributed by atoms with E-state index in [1.165, 1.54) is 25.0 Å². The Morgan fingerprint density at radius 2 is 2.40 bits per heavy atom. The van der Waals surface area contributed by atoms with E-state index in [0.29, 0.717) is 6.04 Å². The number of hydrogen-bond donors (Lipinski definition) is 2. The minimum atomic E-state index is 0.396. The molecule has 4 nitrogen and oxygen atoms in total. The number of hydrogen-bond acceptors (Lipinski definition) is 3. The van der Waals surface area contributed by atoms with Crippen LogP contribution in [0.1, 0.15) is 30.7 Å². The minimum absolute atomic E-state index is 0.396. The Kier molecular flexibility index (Phi) is 3.07. The summed E-state index contributed by atoms with van der Waals surface area (Å²) < 4.78 is 1.95. The predicted octanol–water partition coefficient (Wildman–Crippen LogP) is 0.903. The van der Waals surface area contributed by atoms with Crippen molar-refractivity contribution in [2.75, 3.05) is 0 Å². The monoisotopic (exact) mass is 208 g/mol. The van der Waals surface area contributed by atoms with Crippen LogP contribution in [0.5, 0.6) is 0 Å². The molecule has 0 aromatic carbocycles. The Morgan fingerprint density at radius 1 is 1.67 bits per heavy atom. The lowest BCUT2D eigenvalue weighted by Crippen LogP contribution is -2.37. The van der Waals surface area contributed by atoms with E-state index in [2.05, 4.69) is 16.6 Å². The summed E-state index contributed by atoms with van der Waals surface area (Å²) in [4.78, 5) is 0. The molecule has 0 aliphatic heterocycles. The fourth-order valence-electron chi connectivity index (χ4n) is 2.07. The van der Waals surface area contributed by atoms with Crippen molar-refractivity contribution in [1.82, 2.24) is 15.2 Å². The van der Waals surface area contributed by atoms with E-state index in [4.69, 9.17) is 5.84 Å². The summed E-state index contributed by atoms with van der Waals surface area (Å²) in [7, 11) is 1.99. The molecule has 1 aromatic rings.